The smallest absolute Gasteiger partial charge is 0.431 e. The Morgan fingerprint density at radius 1 is 0.787 bits per heavy atom. The molecule has 7 rings (SSSR count). The molecule has 2 fully saturated rings. The number of nitrogens with zero attached hydrogens (tertiary/aromatic N) is 1. The molecule has 1 aliphatic heterocycles. The number of benzene rings is 3. The highest BCUT2D eigenvalue weighted by molar-refractivity contribution is 7.84. The predicted octanol–water partition coefficient (Wildman–Crippen LogP) is 6.43. The van der Waals surface area contributed by atoms with E-state index in [0.717, 1.165) is 34.7 Å². The van der Waals surface area contributed by atoms with Gasteiger partial charge in [-0.05, 0) is 97.2 Å². The highest BCUT2D eigenvalue weighted by Gasteiger charge is 2.43. The molecule has 4 aliphatic rings. The van der Waals surface area contributed by atoms with E-state index in [1.807, 2.05) is 6.07 Å². The summed E-state index contributed by atoms with van der Waals surface area (Å²) in [6, 6.07) is 19.8. The van der Waals surface area contributed by atoms with Gasteiger partial charge in [0.05, 0.1) is 96.9 Å². The Morgan fingerprint density at radius 3 is 2.10 bits per heavy atom. The normalized spacial score (nSPS) is 19.1. The minimum absolute atomic E-state index is 0.0151. The molecular weight excluding hydrogens is 1170 g/mol. The van der Waals surface area contributed by atoms with Gasteiger partial charge in [-0.25, -0.2) is 19.5 Å². The number of amides is 5. The van der Waals surface area contributed by atoms with E-state index < -0.39 is 64.3 Å². The highest BCUT2D eigenvalue weighted by atomic mass is 32.2. The lowest BCUT2D eigenvalue weighted by Crippen LogP contribution is -2.45. The number of Topliss-reactive ketones (excluding diaryl/α,β-unsaturated/α-hetero) is 1. The number of rotatable bonds is 39. The van der Waals surface area contributed by atoms with E-state index >= 15 is 0 Å². The maximum absolute atomic E-state index is 13.8. The van der Waals surface area contributed by atoms with E-state index in [1.54, 1.807) is 38.1 Å². The monoisotopic (exact) mass is 1260 g/mol. The molecule has 486 valence electrons. The largest absolute Gasteiger partial charge is 0.508 e. The molecular formula is C63H85N7O18S. The number of ketones is 1. The second kappa shape index (κ2) is 35.2. The number of hydrogen-bond donors (Lipinski definition) is 6. The van der Waals surface area contributed by atoms with Crippen LogP contribution in [-0.2, 0) is 89.5 Å². The molecule has 0 spiro atoms. The molecule has 26 heteroatoms. The molecule has 1 saturated carbocycles. The van der Waals surface area contributed by atoms with Crippen molar-refractivity contribution in [3.05, 3.63) is 113 Å². The summed E-state index contributed by atoms with van der Waals surface area (Å²) in [5, 5.41) is 18.1. The van der Waals surface area contributed by atoms with Gasteiger partial charge in [-0.1, -0.05) is 81.1 Å². The van der Waals surface area contributed by atoms with Gasteiger partial charge in [-0.3, -0.25) is 23.4 Å². The first-order valence-corrected chi connectivity index (χ1v) is 31.8. The van der Waals surface area contributed by atoms with E-state index in [2.05, 4.69) is 76.4 Å². The predicted molar refractivity (Wildman–Crippen MR) is 326 cm³/mol. The Kier molecular flexibility index (Phi) is 27.3. The number of carbonyl (C=O) groups is 7. The number of fused-ring (bicyclic) bond motifs is 2. The van der Waals surface area contributed by atoms with Crippen molar-refractivity contribution >= 4 is 69.4 Å². The zero-order valence-electron chi connectivity index (χ0n) is 50.7. The Morgan fingerprint density at radius 2 is 1.45 bits per heavy atom. The van der Waals surface area contributed by atoms with Crippen LogP contribution in [0.25, 0.3) is 6.08 Å². The maximum Gasteiger partial charge on any atom is 0.508 e. The number of allylic oxidation sites excluding steroid dienone is 2. The number of urea groups is 1. The summed E-state index contributed by atoms with van der Waals surface area (Å²) >= 11 is 0. The second-order valence-corrected chi connectivity index (χ2v) is 23.9. The maximum atomic E-state index is 13.8. The van der Waals surface area contributed by atoms with Crippen molar-refractivity contribution < 1.29 is 84.2 Å². The van der Waals surface area contributed by atoms with Crippen molar-refractivity contribution in [2.75, 3.05) is 89.9 Å². The number of ether oxygens (including phenoxy) is 7. The average molecular weight is 1260 g/mol. The van der Waals surface area contributed by atoms with Crippen molar-refractivity contribution in [1.82, 2.24) is 15.7 Å². The van der Waals surface area contributed by atoms with Crippen LogP contribution in [0.4, 0.5) is 21.0 Å². The van der Waals surface area contributed by atoms with E-state index in [0.29, 0.717) is 75.7 Å². The van der Waals surface area contributed by atoms with Gasteiger partial charge in [0.15, 0.2) is 5.78 Å². The van der Waals surface area contributed by atoms with E-state index in [-0.39, 0.29) is 120 Å². The molecule has 89 heavy (non-hydrogen) atoms. The minimum atomic E-state index is -4.27. The average Bonchev–Trinajstić information content (AvgIpc) is 2.10. The number of hydroxylamine groups is 2. The Balaban J connectivity index is 0.786. The van der Waals surface area contributed by atoms with Crippen LogP contribution in [0.5, 0.6) is 0 Å². The van der Waals surface area contributed by atoms with Crippen molar-refractivity contribution in [2.45, 2.75) is 115 Å². The SMILES string of the molecule is C=C1CCC(=O)N1OC(=O)CCOCCOCCOCCOCCOCCC(=O)N[C@@H](C(=O)C[C@H](CCCNC(N)=O)C(=O)Nc1ccc(COC(=O)O[C@H]2C[C@H](C3C=Cc4c(N[C@H]5CCc6ccccc65)cccc43)C[C@H]2COS(N)(=O)=O)cc1)C(C)C. The molecule has 1 heterocycles. The number of carbonyl (C=O) groups excluding carboxylic acids is 7. The number of hydrogen-bond acceptors (Lipinski definition) is 19. The molecule has 25 nitrogen and oxygen atoms in total. The third-order valence-corrected chi connectivity index (χ3v) is 16.3. The van der Waals surface area contributed by atoms with Crippen LogP contribution in [0, 0.1) is 23.7 Å². The molecule has 7 atom stereocenters. The third-order valence-electron chi connectivity index (χ3n) is 15.8. The lowest BCUT2D eigenvalue weighted by atomic mass is 9.85. The first-order chi connectivity index (χ1) is 42.8. The van der Waals surface area contributed by atoms with Crippen LogP contribution in [-0.4, -0.2) is 147 Å². The summed E-state index contributed by atoms with van der Waals surface area (Å²) < 4.78 is 67.6. The van der Waals surface area contributed by atoms with Crippen molar-refractivity contribution in [1.29, 1.82) is 0 Å². The van der Waals surface area contributed by atoms with Crippen LogP contribution in [0.3, 0.4) is 0 Å². The van der Waals surface area contributed by atoms with Gasteiger partial charge >= 0.3 is 28.5 Å². The summed E-state index contributed by atoms with van der Waals surface area (Å²) in [7, 11) is -4.27. The van der Waals surface area contributed by atoms with Gasteiger partial charge in [0.25, 0.3) is 5.91 Å². The zero-order chi connectivity index (χ0) is 63.7. The van der Waals surface area contributed by atoms with Gasteiger partial charge in [0.1, 0.15) is 12.7 Å². The van der Waals surface area contributed by atoms with Crippen LogP contribution >= 0.6 is 0 Å². The first kappa shape index (κ1) is 69.2. The molecule has 1 unspecified atom stereocenters. The number of aryl methyl sites for hydroxylation is 1. The van der Waals surface area contributed by atoms with Gasteiger partial charge in [-0.2, -0.15) is 8.42 Å². The Hall–Kier alpha value is -7.30. The third kappa shape index (κ3) is 22.6. The van der Waals surface area contributed by atoms with E-state index in [9.17, 15) is 42.0 Å². The molecule has 0 radical (unpaired) electrons. The van der Waals surface area contributed by atoms with Crippen LogP contribution in [0.2, 0.25) is 0 Å². The van der Waals surface area contributed by atoms with E-state index in [1.165, 1.54) is 11.1 Å². The number of primary amides is 1. The molecule has 1 saturated heterocycles. The van der Waals surface area contributed by atoms with Crippen molar-refractivity contribution in [3.63, 3.8) is 0 Å². The fourth-order valence-electron chi connectivity index (χ4n) is 11.3. The summed E-state index contributed by atoms with van der Waals surface area (Å²) in [5.41, 5.74) is 12.6. The van der Waals surface area contributed by atoms with Crippen LogP contribution in [0.1, 0.15) is 118 Å². The summed E-state index contributed by atoms with van der Waals surface area (Å²) in [6.07, 6.45) is 6.55. The Bertz CT molecular complexity index is 3020. The summed E-state index contributed by atoms with van der Waals surface area (Å²) in [5.74, 6) is -3.79. The van der Waals surface area contributed by atoms with Crippen molar-refractivity contribution in [3.8, 4) is 0 Å². The van der Waals surface area contributed by atoms with Crippen LogP contribution < -0.4 is 32.1 Å². The van der Waals surface area contributed by atoms with Gasteiger partial charge < -0.3 is 65.0 Å². The number of nitrogens with one attached hydrogen (secondary N) is 4. The second-order valence-electron chi connectivity index (χ2n) is 22.6. The quantitative estimate of drug-likeness (QED) is 0.0265. The van der Waals surface area contributed by atoms with Gasteiger partial charge in [-0.15, -0.1) is 5.06 Å². The van der Waals surface area contributed by atoms with Crippen LogP contribution in [0.15, 0.2) is 85.1 Å². The highest BCUT2D eigenvalue weighted by Crippen LogP contribution is 2.48. The molecule has 0 bridgehead atoms. The standard InChI is InChI=1S/C63H85N7O18S/c1-41(2)60(69-57(72)23-26-80-28-30-82-32-34-84-35-33-83-31-29-81-27-24-59(74)88-70-42(3)13-22-58(70)73)55(71)37-45(9-7-25-66-62(64)76)61(75)67-48-17-14-43(15-18-48)39-85-63(77)87-56-38-46(36-47(56)40-86-89(65,78)79)49-19-20-52-51(49)11-6-12-53(52)68-54-21-16-44-8-4-5-10-50(44)54/h4-6,8,10-12,14-15,17-20,41,45-47,49,54,56,60,68H,3,7,9,13,16,21-40H2,1-2H3,(H,67,75)(H,69,72)(H3,64,66,76)(H2,65,78,79)/t45-,46+,47-,49?,54-,56-,60+/m0/s1. The molecule has 8 N–H and O–H groups in total. The van der Waals surface area contributed by atoms with E-state index in [4.69, 9.17) is 53.1 Å². The lowest BCUT2D eigenvalue weighted by molar-refractivity contribution is -0.187. The van der Waals surface area contributed by atoms with Gasteiger partial charge in [0, 0.05) is 60.5 Å². The molecule has 3 aliphatic carbocycles. The fraction of sp³-hybridized carbons (Fsp3) is 0.540. The molecule has 3 aromatic rings. The summed E-state index contributed by atoms with van der Waals surface area (Å²) in [4.78, 5) is 94.0. The lowest BCUT2D eigenvalue weighted by Gasteiger charge is -2.24. The molecule has 0 aromatic heterocycles. The molecule has 5 amide bonds. The van der Waals surface area contributed by atoms with Crippen molar-refractivity contribution in [2.24, 2.45) is 34.5 Å². The molecule has 3 aromatic carbocycles. The zero-order valence-corrected chi connectivity index (χ0v) is 51.5. The number of anilines is 2. The minimum Gasteiger partial charge on any atom is -0.431 e. The van der Waals surface area contributed by atoms with Gasteiger partial charge in [0.2, 0.25) is 11.8 Å². The fourth-order valence-corrected chi connectivity index (χ4v) is 11.6. The number of nitrogens with two attached hydrogens (primary N) is 2. The first-order valence-electron chi connectivity index (χ1n) is 30.3. The summed E-state index contributed by atoms with van der Waals surface area (Å²) in [6.45, 7) is 9.52. The Labute approximate surface area is 519 Å². The topological polar surface area (TPSA) is 340 Å².